The van der Waals surface area contributed by atoms with Gasteiger partial charge in [-0.15, -0.1) is 0 Å². The summed E-state index contributed by atoms with van der Waals surface area (Å²) >= 11 is 0. The van der Waals surface area contributed by atoms with Crippen molar-refractivity contribution in [2.24, 2.45) is 0 Å². The Bertz CT molecular complexity index is 1020. The second-order valence-corrected chi connectivity index (χ2v) is 16.2. The lowest BCUT2D eigenvalue weighted by Gasteiger charge is -2.19. The van der Waals surface area contributed by atoms with Crippen LogP contribution in [0.15, 0.2) is 24.3 Å². The summed E-state index contributed by atoms with van der Waals surface area (Å²) < 4.78 is 16.4. The molecule has 0 saturated carbocycles. The fourth-order valence-electron chi connectivity index (χ4n) is 7.07. The van der Waals surface area contributed by atoms with E-state index in [-0.39, 0.29) is 43.9 Å². The predicted molar refractivity (Wildman–Crippen MR) is 230 cm³/mol. The van der Waals surface area contributed by atoms with Crippen molar-refractivity contribution in [2.75, 3.05) is 13.2 Å². The summed E-state index contributed by atoms with van der Waals surface area (Å²) in [4.78, 5) is 49.1. The zero-order valence-corrected chi connectivity index (χ0v) is 36.3. The molecule has 0 aliphatic carbocycles. The summed E-state index contributed by atoms with van der Waals surface area (Å²) in [6.45, 7) is 4.15. The van der Waals surface area contributed by atoms with Gasteiger partial charge in [0.15, 0.2) is 6.10 Å². The molecular formula is C48H85NO7. The Labute approximate surface area is 343 Å². The van der Waals surface area contributed by atoms with Gasteiger partial charge in [-0.25, -0.2) is 4.79 Å². The summed E-state index contributed by atoms with van der Waals surface area (Å²) in [7, 11) is 0. The van der Waals surface area contributed by atoms with Crippen LogP contribution in [0, 0.1) is 0 Å². The van der Waals surface area contributed by atoms with E-state index in [1.165, 1.54) is 122 Å². The topological polar surface area (TPSA) is 108 Å². The fraction of sp³-hybridized carbons (Fsp3) is 0.833. The summed E-state index contributed by atoms with van der Waals surface area (Å²) in [5.74, 6) is -1.48. The maximum atomic E-state index is 12.7. The van der Waals surface area contributed by atoms with E-state index in [1.807, 2.05) is 0 Å². The van der Waals surface area contributed by atoms with Crippen LogP contribution in [0.5, 0.6) is 0 Å². The van der Waals surface area contributed by atoms with Gasteiger partial charge < -0.3 is 19.5 Å². The standard InChI is InChI=1S/C48H85NO7/c1-3-5-7-9-11-13-15-17-19-21-23-25-27-29-31-33-35-37-46(51)54-41-43(42-55-48(53)44-39-40-45(50)49-44)56-47(52)38-36-34-32-30-28-26-24-22-20-18-16-14-12-10-8-6-4-2/h21-24,43-44H,3-20,25-42H2,1-2H3,(H,49,50)/t43?,44-/m0/s1. The van der Waals surface area contributed by atoms with E-state index < -0.39 is 18.1 Å². The zero-order chi connectivity index (χ0) is 40.6. The SMILES string of the molecule is CCCCCCCCCCC=CCCCCCCCC(=O)OCC(COC(=O)[C@@H]1CCC(=O)N1)OC(=O)CCCCCCCC=CCCCCCCCCCC. The first-order valence-corrected chi connectivity index (χ1v) is 23.6. The molecule has 1 heterocycles. The average Bonchev–Trinajstić information content (AvgIpc) is 3.64. The maximum absolute atomic E-state index is 12.7. The third-order valence-electron chi connectivity index (χ3n) is 10.7. The van der Waals surface area contributed by atoms with Gasteiger partial charge in [-0.3, -0.25) is 14.4 Å². The molecule has 8 nitrogen and oxygen atoms in total. The number of hydrogen-bond acceptors (Lipinski definition) is 7. The predicted octanol–water partition coefficient (Wildman–Crippen LogP) is 12.9. The fourth-order valence-corrected chi connectivity index (χ4v) is 7.07. The molecule has 0 aromatic heterocycles. The molecule has 56 heavy (non-hydrogen) atoms. The van der Waals surface area contributed by atoms with Gasteiger partial charge in [-0.05, 0) is 70.6 Å². The molecule has 1 aliphatic heterocycles. The molecule has 324 valence electrons. The number of ether oxygens (including phenoxy) is 3. The number of amides is 1. The second-order valence-electron chi connectivity index (χ2n) is 16.2. The number of esters is 3. The lowest BCUT2D eigenvalue weighted by atomic mass is 10.1. The Balaban J connectivity index is 2.18. The lowest BCUT2D eigenvalue weighted by molar-refractivity contribution is -0.167. The minimum absolute atomic E-state index is 0.160. The molecule has 8 heteroatoms. The minimum Gasteiger partial charge on any atom is -0.462 e. The normalized spacial score (nSPS) is 14.8. The summed E-state index contributed by atoms with van der Waals surface area (Å²) in [5.41, 5.74) is 0. The van der Waals surface area contributed by atoms with E-state index >= 15 is 0 Å². The summed E-state index contributed by atoms with van der Waals surface area (Å²) in [6.07, 6.45) is 46.2. The molecule has 2 atom stereocenters. The van der Waals surface area contributed by atoms with Crippen molar-refractivity contribution in [3.05, 3.63) is 24.3 Å². The van der Waals surface area contributed by atoms with Gasteiger partial charge in [0.05, 0.1) is 0 Å². The summed E-state index contributed by atoms with van der Waals surface area (Å²) in [5, 5.41) is 2.59. The number of rotatable bonds is 40. The molecule has 1 saturated heterocycles. The van der Waals surface area contributed by atoms with Crippen molar-refractivity contribution in [2.45, 2.75) is 244 Å². The van der Waals surface area contributed by atoms with Crippen LogP contribution in [-0.2, 0) is 33.4 Å². The number of hydrogen-bond donors (Lipinski definition) is 1. The molecule has 0 aromatic carbocycles. The van der Waals surface area contributed by atoms with E-state index in [0.717, 1.165) is 70.6 Å². The Morgan fingerprint density at radius 2 is 0.911 bits per heavy atom. The van der Waals surface area contributed by atoms with Crippen LogP contribution in [0.4, 0.5) is 0 Å². The van der Waals surface area contributed by atoms with Crippen molar-refractivity contribution >= 4 is 23.8 Å². The van der Waals surface area contributed by atoms with E-state index in [2.05, 4.69) is 43.5 Å². The largest absolute Gasteiger partial charge is 0.462 e. The van der Waals surface area contributed by atoms with Gasteiger partial charge in [0.2, 0.25) is 5.91 Å². The number of unbranched alkanes of at least 4 members (excludes halogenated alkanes) is 26. The van der Waals surface area contributed by atoms with Crippen LogP contribution in [-0.4, -0.2) is 49.2 Å². The monoisotopic (exact) mass is 788 g/mol. The molecule has 1 amide bonds. The van der Waals surface area contributed by atoms with Crippen LogP contribution >= 0.6 is 0 Å². The molecular weight excluding hydrogens is 703 g/mol. The number of carbonyl (C=O) groups excluding carboxylic acids is 4. The first-order valence-electron chi connectivity index (χ1n) is 23.6. The zero-order valence-electron chi connectivity index (χ0n) is 36.3. The lowest BCUT2D eigenvalue weighted by Crippen LogP contribution is -2.37. The highest BCUT2D eigenvalue weighted by Gasteiger charge is 2.29. The minimum atomic E-state index is -0.881. The number of carbonyl (C=O) groups is 4. The molecule has 1 aliphatic rings. The number of allylic oxidation sites excluding steroid dienone is 4. The van der Waals surface area contributed by atoms with Gasteiger partial charge >= 0.3 is 17.9 Å². The third-order valence-corrected chi connectivity index (χ3v) is 10.7. The van der Waals surface area contributed by atoms with Gasteiger partial charge in [0.25, 0.3) is 0 Å². The van der Waals surface area contributed by atoms with Crippen molar-refractivity contribution < 1.29 is 33.4 Å². The molecule has 0 spiro atoms. The first-order chi connectivity index (χ1) is 27.5. The maximum Gasteiger partial charge on any atom is 0.328 e. The Hall–Kier alpha value is -2.64. The average molecular weight is 788 g/mol. The van der Waals surface area contributed by atoms with E-state index in [9.17, 15) is 19.2 Å². The quantitative estimate of drug-likeness (QED) is 0.0285. The Morgan fingerprint density at radius 3 is 1.32 bits per heavy atom. The van der Waals surface area contributed by atoms with Gasteiger partial charge in [-0.1, -0.05) is 167 Å². The Kier molecular flexibility index (Phi) is 36.0. The second kappa shape index (κ2) is 39.2. The van der Waals surface area contributed by atoms with Crippen LogP contribution in [0.25, 0.3) is 0 Å². The van der Waals surface area contributed by atoms with Crippen LogP contribution in [0.1, 0.15) is 232 Å². The van der Waals surface area contributed by atoms with Gasteiger partial charge in [0, 0.05) is 19.3 Å². The summed E-state index contributed by atoms with van der Waals surface area (Å²) in [6, 6.07) is -0.692. The van der Waals surface area contributed by atoms with E-state index in [4.69, 9.17) is 14.2 Å². The van der Waals surface area contributed by atoms with Crippen LogP contribution in [0.3, 0.4) is 0 Å². The molecule has 1 fully saturated rings. The van der Waals surface area contributed by atoms with Crippen molar-refractivity contribution in [1.82, 2.24) is 5.32 Å². The molecule has 0 radical (unpaired) electrons. The first kappa shape index (κ1) is 51.4. The van der Waals surface area contributed by atoms with Crippen molar-refractivity contribution in [1.29, 1.82) is 0 Å². The molecule has 0 aromatic rings. The van der Waals surface area contributed by atoms with E-state index in [1.54, 1.807) is 0 Å². The Morgan fingerprint density at radius 1 is 0.536 bits per heavy atom. The van der Waals surface area contributed by atoms with Crippen LogP contribution in [0.2, 0.25) is 0 Å². The molecule has 1 rings (SSSR count). The van der Waals surface area contributed by atoms with Crippen LogP contribution < -0.4 is 5.32 Å². The third kappa shape index (κ3) is 33.5. The molecule has 1 N–H and O–H groups in total. The van der Waals surface area contributed by atoms with Gasteiger partial charge in [0.1, 0.15) is 19.3 Å². The van der Waals surface area contributed by atoms with E-state index in [0.29, 0.717) is 12.8 Å². The highest BCUT2D eigenvalue weighted by atomic mass is 16.6. The highest BCUT2D eigenvalue weighted by Crippen LogP contribution is 2.15. The smallest absolute Gasteiger partial charge is 0.328 e. The van der Waals surface area contributed by atoms with Crippen molar-refractivity contribution in [3.8, 4) is 0 Å². The number of nitrogens with one attached hydrogen (secondary N) is 1. The van der Waals surface area contributed by atoms with Gasteiger partial charge in [-0.2, -0.15) is 0 Å². The highest BCUT2D eigenvalue weighted by molar-refractivity contribution is 5.88. The molecule has 1 unspecified atom stereocenters. The van der Waals surface area contributed by atoms with Crippen molar-refractivity contribution in [3.63, 3.8) is 0 Å². The molecule has 0 bridgehead atoms.